The molecular weight excluding hydrogens is 212 g/mol. The van der Waals surface area contributed by atoms with E-state index in [0.29, 0.717) is 5.41 Å². The van der Waals surface area contributed by atoms with Crippen LogP contribution in [0.5, 0.6) is 0 Å². The lowest BCUT2D eigenvalue weighted by Crippen LogP contribution is -2.44. The van der Waals surface area contributed by atoms with Gasteiger partial charge < -0.3 is 15.0 Å². The summed E-state index contributed by atoms with van der Waals surface area (Å²) < 4.78 is 5.31. The standard InChI is InChI=1S/C14H28N2O/c1-3-14(6-7-15-11-14)12-16-8-4-5-13(9-16)10-17-2/h13,15H,3-12H2,1-2H3. The maximum absolute atomic E-state index is 5.31. The molecule has 2 aliphatic rings. The fraction of sp³-hybridized carbons (Fsp3) is 1.00. The molecule has 0 bridgehead atoms. The predicted octanol–water partition coefficient (Wildman–Crippen LogP) is 1.73. The fourth-order valence-corrected chi connectivity index (χ4v) is 3.49. The van der Waals surface area contributed by atoms with Crippen molar-refractivity contribution in [3.63, 3.8) is 0 Å². The Morgan fingerprint density at radius 2 is 2.35 bits per heavy atom. The molecule has 0 amide bonds. The van der Waals surface area contributed by atoms with Crippen LogP contribution in [0.25, 0.3) is 0 Å². The first-order valence-electron chi connectivity index (χ1n) is 7.20. The van der Waals surface area contributed by atoms with Crippen LogP contribution in [0.2, 0.25) is 0 Å². The Hall–Kier alpha value is -0.120. The van der Waals surface area contributed by atoms with Gasteiger partial charge in [-0.2, -0.15) is 0 Å². The number of ether oxygens (including phenoxy) is 1. The maximum Gasteiger partial charge on any atom is 0.0502 e. The Labute approximate surface area is 106 Å². The predicted molar refractivity (Wildman–Crippen MR) is 71.3 cm³/mol. The maximum atomic E-state index is 5.31. The van der Waals surface area contributed by atoms with Crippen LogP contribution in [-0.4, -0.2) is 51.3 Å². The molecule has 3 heteroatoms. The second-order valence-corrected chi connectivity index (χ2v) is 5.98. The molecule has 2 saturated heterocycles. The number of piperidine rings is 1. The summed E-state index contributed by atoms with van der Waals surface area (Å²) in [5.74, 6) is 0.761. The highest BCUT2D eigenvalue weighted by molar-refractivity contribution is 4.90. The molecule has 0 aromatic heterocycles. The molecule has 0 saturated carbocycles. The molecule has 0 aromatic rings. The van der Waals surface area contributed by atoms with Crippen LogP contribution < -0.4 is 5.32 Å². The van der Waals surface area contributed by atoms with Gasteiger partial charge in [-0.1, -0.05) is 6.92 Å². The van der Waals surface area contributed by atoms with Crippen LogP contribution in [0.4, 0.5) is 0 Å². The minimum Gasteiger partial charge on any atom is -0.384 e. The third-order valence-electron chi connectivity index (χ3n) is 4.65. The Kier molecular flexibility index (Phi) is 4.83. The summed E-state index contributed by atoms with van der Waals surface area (Å²) in [4.78, 5) is 2.68. The number of hydrogen-bond acceptors (Lipinski definition) is 3. The third kappa shape index (κ3) is 3.43. The first-order valence-corrected chi connectivity index (χ1v) is 7.20. The van der Waals surface area contributed by atoms with Gasteiger partial charge in [0.15, 0.2) is 0 Å². The van der Waals surface area contributed by atoms with Crippen molar-refractivity contribution in [3.8, 4) is 0 Å². The molecule has 0 aromatic carbocycles. The van der Waals surface area contributed by atoms with Gasteiger partial charge in [-0.05, 0) is 50.1 Å². The van der Waals surface area contributed by atoms with Crippen molar-refractivity contribution in [2.24, 2.45) is 11.3 Å². The molecule has 0 radical (unpaired) electrons. The van der Waals surface area contributed by atoms with E-state index in [2.05, 4.69) is 17.1 Å². The number of nitrogens with zero attached hydrogens (tertiary/aromatic N) is 1. The van der Waals surface area contributed by atoms with E-state index in [-0.39, 0.29) is 0 Å². The largest absolute Gasteiger partial charge is 0.384 e. The summed E-state index contributed by atoms with van der Waals surface area (Å²) in [6.07, 6.45) is 5.36. The highest BCUT2D eigenvalue weighted by atomic mass is 16.5. The van der Waals surface area contributed by atoms with Gasteiger partial charge >= 0.3 is 0 Å². The molecule has 2 atom stereocenters. The molecule has 2 unspecified atom stereocenters. The molecule has 0 aliphatic carbocycles. The van der Waals surface area contributed by atoms with Gasteiger partial charge in [0.1, 0.15) is 0 Å². The van der Waals surface area contributed by atoms with Crippen molar-refractivity contribution in [1.82, 2.24) is 10.2 Å². The zero-order valence-corrected chi connectivity index (χ0v) is 11.5. The van der Waals surface area contributed by atoms with Gasteiger partial charge in [0.25, 0.3) is 0 Å². The van der Waals surface area contributed by atoms with Crippen molar-refractivity contribution in [2.45, 2.75) is 32.6 Å². The highest BCUT2D eigenvalue weighted by Crippen LogP contribution is 2.31. The third-order valence-corrected chi connectivity index (χ3v) is 4.65. The molecule has 2 fully saturated rings. The van der Waals surface area contributed by atoms with Crippen molar-refractivity contribution >= 4 is 0 Å². The molecule has 0 spiro atoms. The highest BCUT2D eigenvalue weighted by Gasteiger charge is 2.34. The average Bonchev–Trinajstić information content (AvgIpc) is 2.79. The summed E-state index contributed by atoms with van der Waals surface area (Å²) in [5, 5.41) is 3.54. The summed E-state index contributed by atoms with van der Waals surface area (Å²) in [6.45, 7) is 9.55. The van der Waals surface area contributed by atoms with Gasteiger partial charge in [-0.15, -0.1) is 0 Å². The Balaban J connectivity index is 1.85. The van der Waals surface area contributed by atoms with Crippen LogP contribution in [0.1, 0.15) is 32.6 Å². The number of nitrogens with one attached hydrogen (secondary N) is 1. The SMILES string of the molecule is CCC1(CN2CCCC(COC)C2)CCNC1. The average molecular weight is 240 g/mol. The lowest BCUT2D eigenvalue weighted by Gasteiger charge is -2.38. The minimum atomic E-state index is 0.551. The molecule has 100 valence electrons. The summed E-state index contributed by atoms with van der Waals surface area (Å²) in [7, 11) is 1.83. The number of rotatable bonds is 5. The molecule has 17 heavy (non-hydrogen) atoms. The Bertz CT molecular complexity index is 224. The van der Waals surface area contributed by atoms with Gasteiger partial charge in [0.2, 0.25) is 0 Å². The number of methoxy groups -OCH3 is 1. The van der Waals surface area contributed by atoms with Gasteiger partial charge in [-0.3, -0.25) is 0 Å². The molecular formula is C14H28N2O. The zero-order valence-electron chi connectivity index (χ0n) is 11.5. The first-order chi connectivity index (χ1) is 8.28. The van der Waals surface area contributed by atoms with Crippen LogP contribution in [-0.2, 0) is 4.74 Å². The summed E-state index contributed by atoms with van der Waals surface area (Å²) in [6, 6.07) is 0. The molecule has 2 aliphatic heterocycles. The summed E-state index contributed by atoms with van der Waals surface area (Å²) in [5.41, 5.74) is 0.551. The van der Waals surface area contributed by atoms with E-state index in [1.165, 1.54) is 58.4 Å². The minimum absolute atomic E-state index is 0.551. The van der Waals surface area contributed by atoms with Crippen LogP contribution >= 0.6 is 0 Å². The van der Waals surface area contributed by atoms with E-state index < -0.39 is 0 Å². The van der Waals surface area contributed by atoms with E-state index in [1.807, 2.05) is 7.11 Å². The van der Waals surface area contributed by atoms with Crippen molar-refractivity contribution in [2.75, 3.05) is 46.4 Å². The van der Waals surface area contributed by atoms with Crippen molar-refractivity contribution < 1.29 is 4.74 Å². The first kappa shape index (κ1) is 13.3. The number of likely N-dealkylation sites (tertiary alicyclic amines) is 1. The molecule has 2 heterocycles. The van der Waals surface area contributed by atoms with Crippen molar-refractivity contribution in [1.29, 1.82) is 0 Å². The topological polar surface area (TPSA) is 24.5 Å². The van der Waals surface area contributed by atoms with E-state index in [9.17, 15) is 0 Å². The quantitative estimate of drug-likeness (QED) is 0.792. The zero-order chi connectivity index (χ0) is 12.1. The van der Waals surface area contributed by atoms with E-state index in [0.717, 1.165) is 12.5 Å². The van der Waals surface area contributed by atoms with Gasteiger partial charge in [0.05, 0.1) is 6.61 Å². The monoisotopic (exact) mass is 240 g/mol. The van der Waals surface area contributed by atoms with Crippen LogP contribution in [0.15, 0.2) is 0 Å². The second kappa shape index (κ2) is 6.17. The smallest absolute Gasteiger partial charge is 0.0502 e. The molecule has 2 rings (SSSR count). The molecule has 3 nitrogen and oxygen atoms in total. The van der Waals surface area contributed by atoms with Crippen LogP contribution in [0, 0.1) is 11.3 Å². The second-order valence-electron chi connectivity index (χ2n) is 5.98. The van der Waals surface area contributed by atoms with Crippen LogP contribution in [0.3, 0.4) is 0 Å². The fourth-order valence-electron chi connectivity index (χ4n) is 3.49. The van der Waals surface area contributed by atoms with Crippen molar-refractivity contribution in [3.05, 3.63) is 0 Å². The van der Waals surface area contributed by atoms with E-state index in [4.69, 9.17) is 4.74 Å². The summed E-state index contributed by atoms with van der Waals surface area (Å²) >= 11 is 0. The van der Waals surface area contributed by atoms with E-state index in [1.54, 1.807) is 0 Å². The Morgan fingerprint density at radius 3 is 3.00 bits per heavy atom. The number of hydrogen-bond donors (Lipinski definition) is 1. The van der Waals surface area contributed by atoms with E-state index >= 15 is 0 Å². The lowest BCUT2D eigenvalue weighted by molar-refractivity contribution is 0.0657. The normalized spacial score (nSPS) is 35.3. The van der Waals surface area contributed by atoms with Gasteiger partial charge in [-0.25, -0.2) is 0 Å². The van der Waals surface area contributed by atoms with Gasteiger partial charge in [0, 0.05) is 26.7 Å². The lowest BCUT2D eigenvalue weighted by atomic mass is 9.83. The Morgan fingerprint density at radius 1 is 1.47 bits per heavy atom. The molecule has 1 N–H and O–H groups in total.